The number of carboxylic acid groups (broad SMARTS) is 1. The van der Waals surface area contributed by atoms with Crippen molar-refractivity contribution in [2.45, 2.75) is 156 Å². The summed E-state index contributed by atoms with van der Waals surface area (Å²) < 4.78 is 40.6. The fourth-order valence-corrected chi connectivity index (χ4v) is 7.02. The summed E-state index contributed by atoms with van der Waals surface area (Å²) in [7, 11) is 0. The molecule has 0 aliphatic carbocycles. The molecule has 4 rings (SSSR count). The number of carbonyl (C=O) groups excluding carboxylic acids is 1. The van der Waals surface area contributed by atoms with Crippen molar-refractivity contribution >= 4 is 11.9 Å². The number of carbonyl (C=O) groups is 2. The minimum Gasteiger partial charge on any atom is -0.477 e. The number of ether oxygens (including phenoxy) is 7. The molecule has 4 aliphatic rings. The van der Waals surface area contributed by atoms with E-state index in [1.54, 1.807) is 0 Å². The molecule has 4 saturated heterocycles. The zero-order valence-corrected chi connectivity index (χ0v) is 29.4. The van der Waals surface area contributed by atoms with Gasteiger partial charge in [0.05, 0.1) is 50.3 Å². The number of aliphatic carboxylic acids is 1. The highest BCUT2D eigenvalue weighted by Crippen LogP contribution is 2.40. The molecule has 0 saturated carbocycles. The van der Waals surface area contributed by atoms with E-state index < -0.39 is 166 Å². The topological polar surface area (TPSA) is 354 Å². The molecule has 0 aromatic rings. The lowest BCUT2D eigenvalue weighted by molar-refractivity contribution is -0.386. The van der Waals surface area contributed by atoms with Gasteiger partial charge in [-0.15, -0.1) is 0 Å². The fraction of sp³-hybridized carbons (Fsp3) is 0.935. The molecule has 308 valence electrons. The summed E-state index contributed by atoms with van der Waals surface area (Å²) in [5.74, 6) is -6.44. The van der Waals surface area contributed by atoms with Gasteiger partial charge in [-0.05, 0) is 13.8 Å². The van der Waals surface area contributed by atoms with Crippen molar-refractivity contribution in [3.63, 3.8) is 0 Å². The predicted octanol–water partition coefficient (Wildman–Crippen LogP) is -7.03. The van der Waals surface area contributed by atoms with E-state index >= 15 is 0 Å². The summed E-state index contributed by atoms with van der Waals surface area (Å²) in [5, 5.41) is 128. The molecule has 4 aliphatic heterocycles. The Morgan fingerprint density at radius 2 is 1.38 bits per heavy atom. The summed E-state index contributed by atoms with van der Waals surface area (Å²) in [4.78, 5) is 25.1. The molecule has 19 unspecified atom stereocenters. The maximum Gasteiger partial charge on any atom is 0.364 e. The first-order chi connectivity index (χ1) is 24.8. The number of amides is 1. The summed E-state index contributed by atoms with van der Waals surface area (Å²) >= 11 is 0. The Hall–Kier alpha value is -1.78. The molecule has 21 atom stereocenters. The number of carboxylic acids is 1. The van der Waals surface area contributed by atoms with Crippen LogP contribution in [0.4, 0.5) is 0 Å². The zero-order valence-electron chi connectivity index (χ0n) is 29.4. The molecule has 53 heavy (non-hydrogen) atoms. The quantitative estimate of drug-likeness (QED) is 0.0826. The molecule has 13 N–H and O–H groups in total. The van der Waals surface area contributed by atoms with E-state index in [1.165, 1.54) is 20.8 Å². The second-order valence-corrected chi connectivity index (χ2v) is 14.0. The molecule has 1 amide bonds. The third-order valence-electron chi connectivity index (χ3n) is 10.2. The van der Waals surface area contributed by atoms with E-state index in [1.807, 2.05) is 0 Å². The Balaban J connectivity index is 1.70. The van der Waals surface area contributed by atoms with Gasteiger partial charge in [-0.3, -0.25) is 4.79 Å². The smallest absolute Gasteiger partial charge is 0.364 e. The van der Waals surface area contributed by atoms with Crippen LogP contribution in [0.1, 0.15) is 34.1 Å². The lowest BCUT2D eigenvalue weighted by atomic mass is 9.84. The van der Waals surface area contributed by atoms with Crippen LogP contribution < -0.4 is 5.32 Å². The monoisotopic (exact) mass is 775 g/mol. The summed E-state index contributed by atoms with van der Waals surface area (Å²) in [6, 6.07) is -1.19. The van der Waals surface area contributed by atoms with E-state index in [9.17, 15) is 70.9 Å². The van der Waals surface area contributed by atoms with E-state index in [2.05, 4.69) is 5.32 Å². The highest BCUT2D eigenvalue weighted by molar-refractivity contribution is 5.76. The van der Waals surface area contributed by atoms with Crippen LogP contribution >= 0.6 is 0 Å². The van der Waals surface area contributed by atoms with E-state index in [0.717, 1.165) is 6.92 Å². The largest absolute Gasteiger partial charge is 0.477 e. The number of hydrogen-bond acceptors (Lipinski definition) is 20. The van der Waals surface area contributed by atoms with Crippen LogP contribution in [-0.2, 0) is 42.7 Å². The third-order valence-corrected chi connectivity index (χ3v) is 10.2. The maximum absolute atomic E-state index is 12.8. The molecule has 22 heteroatoms. The molecular formula is C31H53NO21. The van der Waals surface area contributed by atoms with Gasteiger partial charge in [0.25, 0.3) is 5.79 Å². The standard InChI is InChI=1S/C31H53NO21/c1-9-13(37)5-31(30(45)46,52-24(9)19(40)14(38)6-33)53-27-20(41)15(7-34)49-29(23(27)44)51-26-17(32-12(4)36)10(2)47-16(8-35)25(26)50-28-22(43)21(42)18(39)11(3)48-28/h9-11,13-29,33-35,37-44H,5-8H2,1-4H3,(H,32,36)(H,45,46)/t9?,10?,11?,13?,14-,15?,16?,17?,18?,19-,20?,21?,22?,23?,24?,25?,26?,27?,28?,29?,31?/m0/s1. The molecule has 22 nitrogen and oxygen atoms in total. The van der Waals surface area contributed by atoms with Gasteiger partial charge in [0, 0.05) is 19.3 Å². The van der Waals surface area contributed by atoms with Gasteiger partial charge in [-0.1, -0.05) is 6.92 Å². The Morgan fingerprint density at radius 3 is 1.94 bits per heavy atom. The van der Waals surface area contributed by atoms with Crippen LogP contribution in [0.2, 0.25) is 0 Å². The van der Waals surface area contributed by atoms with Crippen molar-refractivity contribution in [1.82, 2.24) is 5.32 Å². The second-order valence-electron chi connectivity index (χ2n) is 14.0. The molecule has 0 aromatic carbocycles. The first-order valence-corrected chi connectivity index (χ1v) is 17.2. The van der Waals surface area contributed by atoms with E-state index in [4.69, 9.17) is 33.2 Å². The van der Waals surface area contributed by atoms with Gasteiger partial charge >= 0.3 is 5.97 Å². The SMILES string of the molecule is CC(=O)NC1C(C)OC(CO)C(OC2OC(C)C(O)C(O)C2O)C1OC1OC(CO)C(O)C(OC2(C(=O)O)CC(O)C(C)C([C@@H](O)[C@@H](O)CO)O2)C1O. The van der Waals surface area contributed by atoms with E-state index in [-0.39, 0.29) is 0 Å². The van der Waals surface area contributed by atoms with E-state index in [0.29, 0.717) is 0 Å². The highest BCUT2D eigenvalue weighted by atomic mass is 16.8. The molecule has 4 fully saturated rings. The molecule has 4 heterocycles. The highest BCUT2D eigenvalue weighted by Gasteiger charge is 2.59. The van der Waals surface area contributed by atoms with Crippen LogP contribution in [0, 0.1) is 5.92 Å². The van der Waals surface area contributed by atoms with Crippen molar-refractivity contribution in [3.8, 4) is 0 Å². The molecule has 0 bridgehead atoms. The zero-order chi connectivity index (χ0) is 39.7. The first-order valence-electron chi connectivity index (χ1n) is 17.2. The third kappa shape index (κ3) is 9.11. The normalized spacial score (nSPS) is 47.8. The summed E-state index contributed by atoms with van der Waals surface area (Å²) in [6.45, 7) is 2.74. The fourth-order valence-electron chi connectivity index (χ4n) is 7.02. The number of aliphatic hydroxyl groups excluding tert-OH is 11. The van der Waals surface area contributed by atoms with Crippen molar-refractivity contribution in [3.05, 3.63) is 0 Å². The van der Waals surface area contributed by atoms with Gasteiger partial charge in [0.15, 0.2) is 12.6 Å². The van der Waals surface area contributed by atoms with Gasteiger partial charge in [0.2, 0.25) is 5.91 Å². The van der Waals surface area contributed by atoms with Crippen molar-refractivity contribution in [1.29, 1.82) is 0 Å². The average molecular weight is 776 g/mol. The maximum atomic E-state index is 12.8. The Labute approximate surface area is 303 Å². The number of hydrogen-bond donors (Lipinski definition) is 13. The van der Waals surface area contributed by atoms with Gasteiger partial charge in [0.1, 0.15) is 73.2 Å². The van der Waals surface area contributed by atoms with Gasteiger partial charge in [-0.25, -0.2) is 4.79 Å². The van der Waals surface area contributed by atoms with Gasteiger partial charge < -0.3 is 99.8 Å². The Kier molecular flexibility index (Phi) is 14.9. The minimum atomic E-state index is -2.92. The van der Waals surface area contributed by atoms with Crippen LogP contribution in [0.25, 0.3) is 0 Å². The van der Waals surface area contributed by atoms with Crippen molar-refractivity contribution in [2.75, 3.05) is 19.8 Å². The summed E-state index contributed by atoms with van der Waals surface area (Å²) in [5.41, 5.74) is 0. The van der Waals surface area contributed by atoms with Crippen molar-refractivity contribution < 1.29 is 104 Å². The first kappa shape index (κ1) is 43.9. The number of nitrogens with one attached hydrogen (secondary N) is 1. The predicted molar refractivity (Wildman–Crippen MR) is 168 cm³/mol. The molecule has 0 radical (unpaired) electrons. The molecule has 0 aromatic heterocycles. The van der Waals surface area contributed by atoms with Crippen molar-refractivity contribution in [2.24, 2.45) is 5.92 Å². The van der Waals surface area contributed by atoms with Crippen LogP contribution in [0.3, 0.4) is 0 Å². The lowest BCUT2D eigenvalue weighted by Crippen LogP contribution is -2.70. The molecule has 0 spiro atoms. The summed E-state index contributed by atoms with van der Waals surface area (Å²) in [6.07, 6.45) is -30.8. The van der Waals surface area contributed by atoms with Crippen LogP contribution in [0.15, 0.2) is 0 Å². The average Bonchev–Trinajstić information content (AvgIpc) is 3.11. The Morgan fingerprint density at radius 1 is 0.774 bits per heavy atom. The molecular weight excluding hydrogens is 722 g/mol. The Bertz CT molecular complexity index is 1220. The van der Waals surface area contributed by atoms with Crippen LogP contribution in [-0.4, -0.2) is 215 Å². The van der Waals surface area contributed by atoms with Gasteiger partial charge in [-0.2, -0.15) is 0 Å². The number of rotatable bonds is 13. The lowest BCUT2D eigenvalue weighted by Gasteiger charge is -2.51. The minimum absolute atomic E-state index is 0.606. The van der Waals surface area contributed by atoms with Crippen LogP contribution in [0.5, 0.6) is 0 Å². The number of aliphatic hydroxyl groups is 11. The second kappa shape index (κ2) is 18.0.